The molecule has 0 aliphatic heterocycles. The quantitative estimate of drug-likeness (QED) is 0.789. The van der Waals surface area contributed by atoms with Crippen LogP contribution in [0.15, 0.2) is 18.2 Å². The van der Waals surface area contributed by atoms with E-state index in [1.54, 1.807) is 0 Å². The molecule has 0 radical (unpaired) electrons. The van der Waals surface area contributed by atoms with Crippen LogP contribution in [0.5, 0.6) is 5.75 Å². The maximum Gasteiger partial charge on any atom is 0.387 e. The normalized spacial score (nSPS) is 10.1. The van der Waals surface area contributed by atoms with Crippen LogP contribution in [-0.4, -0.2) is 11.7 Å². The van der Waals surface area contributed by atoms with Crippen LogP contribution in [0, 0.1) is 5.82 Å². The third-order valence-electron chi connectivity index (χ3n) is 1.44. The van der Waals surface area contributed by atoms with Crippen molar-refractivity contribution in [3.63, 3.8) is 0 Å². The number of nitrogens with two attached hydrogens (primary N) is 1. The summed E-state index contributed by atoms with van der Waals surface area (Å²) in [4.78, 5) is 0. The van der Waals surface area contributed by atoms with Crippen LogP contribution < -0.4 is 15.8 Å². The van der Waals surface area contributed by atoms with E-state index in [1.807, 2.05) is 0 Å². The lowest BCUT2D eigenvalue weighted by Gasteiger charge is -2.09. The van der Waals surface area contributed by atoms with Gasteiger partial charge in [-0.25, -0.2) is 4.39 Å². The number of thiocarbonyl (C=S) groups is 1. The molecule has 1 rings (SSSR count). The smallest absolute Gasteiger partial charge is 0.387 e. The van der Waals surface area contributed by atoms with Gasteiger partial charge < -0.3 is 15.8 Å². The van der Waals surface area contributed by atoms with E-state index in [9.17, 15) is 13.2 Å². The van der Waals surface area contributed by atoms with Gasteiger partial charge in [-0.15, -0.1) is 0 Å². The molecule has 3 nitrogen and oxygen atoms in total. The highest BCUT2D eigenvalue weighted by atomic mass is 32.1. The Labute approximate surface area is 89.0 Å². The van der Waals surface area contributed by atoms with Gasteiger partial charge in [0, 0.05) is 0 Å². The molecule has 0 aliphatic rings. The Morgan fingerprint density at radius 1 is 1.47 bits per heavy atom. The molecule has 0 amide bonds. The van der Waals surface area contributed by atoms with Crippen molar-refractivity contribution < 1.29 is 17.9 Å². The SMILES string of the molecule is NC(=S)Nc1cccc(OC(F)F)c1F. The first kappa shape index (κ1) is 11.6. The molecule has 0 aromatic heterocycles. The summed E-state index contributed by atoms with van der Waals surface area (Å²) in [6, 6.07) is 3.71. The number of alkyl halides is 2. The van der Waals surface area contributed by atoms with Gasteiger partial charge in [0.25, 0.3) is 0 Å². The predicted octanol–water partition coefficient (Wildman–Crippen LogP) is 2.08. The summed E-state index contributed by atoms with van der Waals surface area (Å²) in [7, 11) is 0. The van der Waals surface area contributed by atoms with Gasteiger partial charge in [-0.1, -0.05) is 6.07 Å². The lowest BCUT2D eigenvalue weighted by molar-refractivity contribution is -0.0520. The lowest BCUT2D eigenvalue weighted by atomic mass is 10.3. The topological polar surface area (TPSA) is 47.3 Å². The summed E-state index contributed by atoms with van der Waals surface area (Å²) in [5.41, 5.74) is 5.00. The monoisotopic (exact) mass is 236 g/mol. The van der Waals surface area contributed by atoms with Crippen molar-refractivity contribution in [3.8, 4) is 5.75 Å². The third kappa shape index (κ3) is 3.28. The van der Waals surface area contributed by atoms with Gasteiger partial charge in [0.05, 0.1) is 5.69 Å². The zero-order chi connectivity index (χ0) is 11.4. The third-order valence-corrected chi connectivity index (χ3v) is 1.54. The fourth-order valence-electron chi connectivity index (χ4n) is 0.927. The van der Waals surface area contributed by atoms with E-state index < -0.39 is 18.2 Å². The Morgan fingerprint density at radius 2 is 2.13 bits per heavy atom. The predicted molar refractivity (Wildman–Crippen MR) is 53.4 cm³/mol. The molecule has 0 heterocycles. The zero-order valence-corrected chi connectivity index (χ0v) is 8.15. The van der Waals surface area contributed by atoms with E-state index in [0.29, 0.717) is 0 Å². The minimum absolute atomic E-state index is 0.111. The summed E-state index contributed by atoms with van der Waals surface area (Å²) >= 11 is 4.48. The molecule has 1 aromatic carbocycles. The Hall–Kier alpha value is -1.50. The number of benzene rings is 1. The lowest BCUT2D eigenvalue weighted by Crippen LogP contribution is -2.20. The molecule has 0 bridgehead atoms. The van der Waals surface area contributed by atoms with Crippen LogP contribution in [-0.2, 0) is 0 Å². The van der Waals surface area contributed by atoms with Crippen molar-refractivity contribution in [1.29, 1.82) is 0 Å². The number of ether oxygens (including phenoxy) is 1. The number of nitrogens with one attached hydrogen (secondary N) is 1. The molecule has 15 heavy (non-hydrogen) atoms. The second-order valence-corrected chi connectivity index (χ2v) is 2.93. The van der Waals surface area contributed by atoms with Gasteiger partial charge >= 0.3 is 6.61 Å². The highest BCUT2D eigenvalue weighted by molar-refractivity contribution is 7.80. The number of hydrogen-bond acceptors (Lipinski definition) is 2. The molecule has 0 atom stereocenters. The Bertz CT molecular complexity index is 373. The summed E-state index contributed by atoms with van der Waals surface area (Å²) in [6.07, 6.45) is 0. The van der Waals surface area contributed by atoms with Crippen molar-refractivity contribution in [2.45, 2.75) is 6.61 Å². The fraction of sp³-hybridized carbons (Fsp3) is 0.125. The maximum absolute atomic E-state index is 13.4. The van der Waals surface area contributed by atoms with Crippen LogP contribution in [0.4, 0.5) is 18.9 Å². The molecule has 7 heteroatoms. The second-order valence-electron chi connectivity index (χ2n) is 2.49. The van der Waals surface area contributed by atoms with Crippen molar-refractivity contribution in [2.24, 2.45) is 5.73 Å². The van der Waals surface area contributed by atoms with Crippen LogP contribution in [0.25, 0.3) is 0 Å². The second kappa shape index (κ2) is 4.83. The largest absolute Gasteiger partial charge is 0.432 e. The summed E-state index contributed by atoms with van der Waals surface area (Å²) in [5.74, 6) is -1.53. The molecule has 0 saturated carbocycles. The minimum atomic E-state index is -3.08. The number of anilines is 1. The van der Waals surface area contributed by atoms with Gasteiger partial charge in [-0.05, 0) is 24.4 Å². The standard InChI is InChI=1S/C8H7F3N2OS/c9-6-4(13-8(12)15)2-1-3-5(6)14-7(10)11/h1-3,7H,(H3,12,13,15). The molecule has 1 aromatic rings. The first-order valence-corrected chi connectivity index (χ1v) is 4.21. The van der Waals surface area contributed by atoms with Crippen LogP contribution in [0.2, 0.25) is 0 Å². The molecule has 0 spiro atoms. The van der Waals surface area contributed by atoms with Gasteiger partial charge in [0.15, 0.2) is 16.7 Å². The van der Waals surface area contributed by atoms with E-state index >= 15 is 0 Å². The van der Waals surface area contributed by atoms with Crippen molar-refractivity contribution in [1.82, 2.24) is 0 Å². The molecule has 0 fully saturated rings. The molecule has 0 unspecified atom stereocenters. The minimum Gasteiger partial charge on any atom is -0.432 e. The maximum atomic E-state index is 13.4. The number of rotatable bonds is 3. The molecule has 3 N–H and O–H groups in total. The van der Waals surface area contributed by atoms with E-state index in [1.165, 1.54) is 12.1 Å². The van der Waals surface area contributed by atoms with Crippen LogP contribution in [0.1, 0.15) is 0 Å². The summed E-state index contributed by atoms with van der Waals surface area (Å²) < 4.78 is 41.0. The first-order valence-electron chi connectivity index (χ1n) is 3.80. The first-order chi connectivity index (χ1) is 7.00. The molecule has 82 valence electrons. The number of hydrogen-bond donors (Lipinski definition) is 2. The van der Waals surface area contributed by atoms with E-state index in [0.717, 1.165) is 6.07 Å². The van der Waals surface area contributed by atoms with E-state index in [-0.39, 0.29) is 10.8 Å². The average molecular weight is 236 g/mol. The van der Waals surface area contributed by atoms with E-state index in [2.05, 4.69) is 22.3 Å². The van der Waals surface area contributed by atoms with Crippen molar-refractivity contribution in [2.75, 3.05) is 5.32 Å². The van der Waals surface area contributed by atoms with Gasteiger partial charge in [0.1, 0.15) is 0 Å². The Balaban J connectivity index is 2.95. The molecule has 0 saturated heterocycles. The van der Waals surface area contributed by atoms with Gasteiger partial charge in [-0.3, -0.25) is 0 Å². The Morgan fingerprint density at radius 3 is 2.67 bits per heavy atom. The van der Waals surface area contributed by atoms with Crippen LogP contribution in [0.3, 0.4) is 0 Å². The van der Waals surface area contributed by atoms with Crippen LogP contribution >= 0.6 is 12.2 Å². The highest BCUT2D eigenvalue weighted by Gasteiger charge is 2.13. The molecule has 0 aliphatic carbocycles. The van der Waals surface area contributed by atoms with Gasteiger partial charge in [0.2, 0.25) is 0 Å². The summed E-state index contributed by atoms with van der Waals surface area (Å²) in [5, 5.41) is 2.13. The number of halogens is 3. The molecular weight excluding hydrogens is 229 g/mol. The molecular formula is C8H7F3N2OS. The van der Waals surface area contributed by atoms with Crippen molar-refractivity contribution in [3.05, 3.63) is 24.0 Å². The fourth-order valence-corrected chi connectivity index (χ4v) is 1.04. The summed E-state index contributed by atoms with van der Waals surface area (Å²) in [6.45, 7) is -3.08. The highest BCUT2D eigenvalue weighted by Crippen LogP contribution is 2.25. The van der Waals surface area contributed by atoms with Gasteiger partial charge in [-0.2, -0.15) is 8.78 Å². The average Bonchev–Trinajstić information content (AvgIpc) is 2.10. The van der Waals surface area contributed by atoms with E-state index in [4.69, 9.17) is 5.73 Å². The Kier molecular flexibility index (Phi) is 3.73. The zero-order valence-electron chi connectivity index (χ0n) is 7.34. The van der Waals surface area contributed by atoms with Crippen molar-refractivity contribution >= 4 is 23.0 Å².